The predicted octanol–water partition coefficient (Wildman–Crippen LogP) is 2.01. The number of nitrogens with zero attached hydrogens (tertiary/aromatic N) is 3. The molecule has 0 saturated heterocycles. The van der Waals surface area contributed by atoms with E-state index in [1.165, 1.54) is 47.5 Å². The molecule has 14 heteroatoms. The number of hydrogen-bond donors (Lipinski definition) is 4. The third-order valence-electron chi connectivity index (χ3n) is 5.39. The van der Waals surface area contributed by atoms with Gasteiger partial charge in [-0.1, -0.05) is 0 Å². The smallest absolute Gasteiger partial charge is 0.294 e. The first kappa shape index (κ1) is 24.6. The van der Waals surface area contributed by atoms with Gasteiger partial charge >= 0.3 is 0 Å². The lowest BCUT2D eigenvalue weighted by Crippen LogP contribution is -2.36. The van der Waals surface area contributed by atoms with E-state index in [9.17, 15) is 26.7 Å². The molecular weight excluding hydrogens is 500 g/mol. The molecule has 1 amide bonds. The van der Waals surface area contributed by atoms with Crippen LogP contribution in [0.3, 0.4) is 0 Å². The zero-order valence-electron chi connectivity index (χ0n) is 18.3. The van der Waals surface area contributed by atoms with Crippen molar-refractivity contribution in [3.63, 3.8) is 0 Å². The number of hydrazine groups is 1. The minimum absolute atomic E-state index is 0.197. The van der Waals surface area contributed by atoms with E-state index >= 15 is 0 Å². The highest BCUT2D eigenvalue weighted by atomic mass is 32.2. The number of hydrazone groups is 1. The third kappa shape index (κ3) is 4.69. The Hall–Kier alpha value is -3.56. The van der Waals surface area contributed by atoms with Crippen LogP contribution in [0, 0.1) is 0 Å². The Kier molecular flexibility index (Phi) is 6.02. The monoisotopic (exact) mass is 520 g/mol. The molecule has 4 rings (SSSR count). The Labute approximate surface area is 201 Å². The molecule has 2 aromatic carbocycles. The lowest BCUT2D eigenvalue weighted by Gasteiger charge is -2.19. The second kappa shape index (κ2) is 8.58. The number of carbonyl (C=O) groups is 1. The number of aliphatic hydroxyl groups excluding tert-OH is 1. The van der Waals surface area contributed by atoms with Crippen LogP contribution in [0.15, 0.2) is 86.5 Å². The number of aliphatic hydroxyl groups is 1. The molecule has 0 saturated carbocycles. The first-order valence-corrected chi connectivity index (χ1v) is 12.9. The summed E-state index contributed by atoms with van der Waals surface area (Å²) in [6.45, 7) is 3.35. The summed E-state index contributed by atoms with van der Waals surface area (Å²) in [7, 11) is -8.75. The Morgan fingerprint density at radius 2 is 1.40 bits per heavy atom. The van der Waals surface area contributed by atoms with Gasteiger partial charge in [0.2, 0.25) is 5.88 Å². The van der Waals surface area contributed by atoms with Gasteiger partial charge in [-0.05, 0) is 68.5 Å². The van der Waals surface area contributed by atoms with Crippen molar-refractivity contribution in [1.29, 1.82) is 0 Å². The molecule has 0 bridgehead atoms. The number of carbonyl (C=O) groups excluding carboxylic acids is 1. The highest BCUT2D eigenvalue weighted by molar-refractivity contribution is 7.86. The van der Waals surface area contributed by atoms with E-state index in [-0.39, 0.29) is 26.9 Å². The summed E-state index contributed by atoms with van der Waals surface area (Å²) in [5.41, 5.74) is 4.59. The topological polar surface area (TPSA) is 177 Å². The van der Waals surface area contributed by atoms with Gasteiger partial charge in [-0.15, -0.1) is 0 Å². The van der Waals surface area contributed by atoms with Crippen LogP contribution in [0.5, 0.6) is 0 Å². The molecular formula is C21H20N4O8S2. The quantitative estimate of drug-likeness (QED) is 0.337. The Balaban J connectivity index is 1.63. The maximum atomic E-state index is 13.0. The molecule has 0 aromatic heterocycles. The average molecular weight is 521 g/mol. The van der Waals surface area contributed by atoms with Crippen LogP contribution >= 0.6 is 0 Å². The Bertz CT molecular complexity index is 1510. The summed E-state index contributed by atoms with van der Waals surface area (Å²) in [5, 5.41) is 17.4. The van der Waals surface area contributed by atoms with Gasteiger partial charge in [-0.3, -0.25) is 13.9 Å². The molecule has 1 unspecified atom stereocenters. The molecule has 184 valence electrons. The van der Waals surface area contributed by atoms with Gasteiger partial charge in [-0.25, -0.2) is 10.4 Å². The van der Waals surface area contributed by atoms with Crippen molar-refractivity contribution in [2.75, 3.05) is 10.0 Å². The molecule has 35 heavy (non-hydrogen) atoms. The van der Waals surface area contributed by atoms with Crippen molar-refractivity contribution in [3.8, 4) is 0 Å². The molecule has 0 aliphatic carbocycles. The summed E-state index contributed by atoms with van der Waals surface area (Å²) < 4.78 is 63.2. The molecule has 0 radical (unpaired) electrons. The maximum Gasteiger partial charge on any atom is 0.294 e. The number of hydrogen-bond acceptors (Lipinski definition) is 9. The van der Waals surface area contributed by atoms with Gasteiger partial charge < -0.3 is 5.11 Å². The van der Waals surface area contributed by atoms with Crippen LogP contribution < -0.4 is 15.4 Å². The van der Waals surface area contributed by atoms with Crippen LogP contribution in [0.25, 0.3) is 0 Å². The van der Waals surface area contributed by atoms with E-state index in [2.05, 4.69) is 10.5 Å². The fraction of sp³-hybridized carbons (Fsp3) is 0.143. The van der Waals surface area contributed by atoms with Crippen LogP contribution in [-0.2, 0) is 25.0 Å². The lowest BCUT2D eigenvalue weighted by molar-refractivity contribution is -0.114. The summed E-state index contributed by atoms with van der Waals surface area (Å²) in [6.07, 6.45) is 1.48. The second-order valence-corrected chi connectivity index (χ2v) is 10.6. The van der Waals surface area contributed by atoms with Crippen LogP contribution in [0.4, 0.5) is 11.4 Å². The molecule has 2 aliphatic rings. The Morgan fingerprint density at radius 1 is 0.914 bits per heavy atom. The fourth-order valence-corrected chi connectivity index (χ4v) is 4.53. The number of rotatable bonds is 5. The zero-order chi connectivity index (χ0) is 25.7. The van der Waals surface area contributed by atoms with Crippen molar-refractivity contribution in [2.24, 2.45) is 5.10 Å². The third-order valence-corrected chi connectivity index (χ3v) is 7.13. The lowest BCUT2D eigenvalue weighted by atomic mass is 10.0. The van der Waals surface area contributed by atoms with E-state index in [0.29, 0.717) is 17.0 Å². The largest absolute Gasteiger partial charge is 0.493 e. The van der Waals surface area contributed by atoms with Crippen molar-refractivity contribution in [3.05, 3.63) is 71.6 Å². The van der Waals surface area contributed by atoms with Gasteiger partial charge in [0.1, 0.15) is 0 Å². The molecule has 1 atom stereocenters. The van der Waals surface area contributed by atoms with Gasteiger partial charge in [-0.2, -0.15) is 26.9 Å². The molecule has 2 aliphatic heterocycles. The highest BCUT2D eigenvalue weighted by Gasteiger charge is 2.33. The number of amides is 1. The van der Waals surface area contributed by atoms with Crippen LogP contribution in [0.2, 0.25) is 0 Å². The SMILES string of the molecule is CC1=NN(c2ccc(S(=O)(=O)O)cc2)C(=O)C1=CC1=C(O)N(c2ccc(S(=O)(=O)O)cc2)NC1C. The summed E-state index contributed by atoms with van der Waals surface area (Å²) >= 11 is 0. The number of benzene rings is 2. The summed E-state index contributed by atoms with van der Waals surface area (Å²) in [5.74, 6) is -0.730. The standard InChI is InChI=1S/C21H20N4O8S2/c1-12-18(20(26)24(22-12)14-3-7-16(8-4-14)34(28,29)30)11-19-13(2)23-25(21(19)27)15-5-9-17(10-6-15)35(31,32)33/h3-12,22,26H,1-2H3,(H,28,29,30)(H,31,32,33). The van der Waals surface area contributed by atoms with E-state index in [1.807, 2.05) is 0 Å². The van der Waals surface area contributed by atoms with Crippen molar-refractivity contribution in [2.45, 2.75) is 29.7 Å². The van der Waals surface area contributed by atoms with Crippen molar-refractivity contribution in [1.82, 2.24) is 5.43 Å². The zero-order valence-corrected chi connectivity index (χ0v) is 19.9. The van der Waals surface area contributed by atoms with Gasteiger partial charge in [0.05, 0.1) is 38.5 Å². The van der Waals surface area contributed by atoms with Gasteiger partial charge in [0.25, 0.3) is 26.1 Å². The highest BCUT2D eigenvalue weighted by Crippen LogP contribution is 2.30. The minimum atomic E-state index is -4.38. The Morgan fingerprint density at radius 3 is 1.89 bits per heavy atom. The number of anilines is 2. The van der Waals surface area contributed by atoms with Crippen molar-refractivity contribution >= 4 is 43.2 Å². The van der Waals surface area contributed by atoms with Gasteiger partial charge in [0, 0.05) is 5.57 Å². The predicted molar refractivity (Wildman–Crippen MR) is 126 cm³/mol. The molecule has 4 N–H and O–H groups in total. The summed E-state index contributed by atoms with van der Waals surface area (Å²) in [6, 6.07) is 9.66. The normalized spacial score (nSPS) is 20.2. The van der Waals surface area contributed by atoms with E-state index in [1.54, 1.807) is 13.8 Å². The molecule has 2 heterocycles. The second-order valence-electron chi connectivity index (χ2n) is 7.76. The fourth-order valence-electron chi connectivity index (χ4n) is 3.57. The van der Waals surface area contributed by atoms with E-state index in [4.69, 9.17) is 9.11 Å². The van der Waals surface area contributed by atoms with E-state index < -0.39 is 32.2 Å². The maximum absolute atomic E-state index is 13.0. The van der Waals surface area contributed by atoms with Crippen LogP contribution in [-0.4, -0.2) is 48.7 Å². The molecule has 12 nitrogen and oxygen atoms in total. The van der Waals surface area contributed by atoms with Crippen molar-refractivity contribution < 1.29 is 35.8 Å². The first-order valence-electron chi connectivity index (χ1n) is 10.0. The minimum Gasteiger partial charge on any atom is -0.493 e. The molecule has 0 fully saturated rings. The average Bonchev–Trinajstić information content (AvgIpc) is 3.23. The molecule has 2 aromatic rings. The summed E-state index contributed by atoms with van der Waals surface area (Å²) in [4.78, 5) is 12.4. The first-order chi connectivity index (χ1) is 16.3. The molecule has 0 spiro atoms. The number of nitrogens with one attached hydrogen (secondary N) is 1. The van der Waals surface area contributed by atoms with Gasteiger partial charge in [0.15, 0.2) is 0 Å². The van der Waals surface area contributed by atoms with Crippen LogP contribution in [0.1, 0.15) is 13.8 Å². The van der Waals surface area contributed by atoms with E-state index in [0.717, 1.165) is 17.1 Å².